The second-order valence-corrected chi connectivity index (χ2v) is 6.23. The lowest BCUT2D eigenvalue weighted by atomic mass is 10.1. The monoisotopic (exact) mass is 311 g/mol. The fourth-order valence-electron chi connectivity index (χ4n) is 2.19. The molecule has 0 aliphatic rings. The standard InChI is InChI=1S/C19H21NOS/c20-14-15-21-18-10-12-19(13-11-18)22-16-6-2-5-9-17-7-3-1-4-8-17/h1,3-4,7-8,10-13H,2,5-6,9,15-16H2. The Kier molecular flexibility index (Phi) is 7.41. The van der Waals surface area contributed by atoms with E-state index in [-0.39, 0.29) is 6.61 Å². The van der Waals surface area contributed by atoms with Crippen molar-refractivity contribution in [2.24, 2.45) is 0 Å². The minimum absolute atomic E-state index is 0.105. The molecule has 0 spiro atoms. The minimum atomic E-state index is 0.105. The van der Waals surface area contributed by atoms with Gasteiger partial charge in [-0.15, -0.1) is 11.8 Å². The average molecular weight is 311 g/mol. The van der Waals surface area contributed by atoms with E-state index >= 15 is 0 Å². The van der Waals surface area contributed by atoms with Gasteiger partial charge in [-0.2, -0.15) is 5.26 Å². The quantitative estimate of drug-likeness (QED) is 0.477. The number of aryl methyl sites for hydroxylation is 1. The average Bonchev–Trinajstić information content (AvgIpc) is 2.58. The molecule has 0 bridgehead atoms. The van der Waals surface area contributed by atoms with E-state index in [1.807, 2.05) is 30.0 Å². The highest BCUT2D eigenvalue weighted by atomic mass is 32.2. The largest absolute Gasteiger partial charge is 0.479 e. The zero-order valence-electron chi connectivity index (χ0n) is 12.7. The first kappa shape index (κ1) is 16.5. The van der Waals surface area contributed by atoms with E-state index in [0.29, 0.717) is 0 Å². The molecule has 2 aromatic rings. The first-order valence-corrected chi connectivity index (χ1v) is 8.63. The van der Waals surface area contributed by atoms with E-state index in [4.69, 9.17) is 10.00 Å². The number of hydrogen-bond donors (Lipinski definition) is 0. The maximum absolute atomic E-state index is 8.46. The topological polar surface area (TPSA) is 33.0 Å². The Morgan fingerprint density at radius 3 is 2.41 bits per heavy atom. The van der Waals surface area contributed by atoms with E-state index in [1.165, 1.54) is 36.1 Å². The summed E-state index contributed by atoms with van der Waals surface area (Å²) < 4.78 is 5.24. The van der Waals surface area contributed by atoms with E-state index < -0.39 is 0 Å². The number of thioether (sulfide) groups is 1. The van der Waals surface area contributed by atoms with Crippen molar-refractivity contribution >= 4 is 11.8 Å². The molecule has 3 heteroatoms. The summed E-state index contributed by atoms with van der Waals surface area (Å²) in [6.45, 7) is 0.105. The van der Waals surface area contributed by atoms with Gasteiger partial charge in [0.2, 0.25) is 0 Å². The predicted molar refractivity (Wildman–Crippen MR) is 92.3 cm³/mol. The number of nitriles is 1. The van der Waals surface area contributed by atoms with E-state index in [9.17, 15) is 0 Å². The van der Waals surface area contributed by atoms with Crippen LogP contribution in [0.4, 0.5) is 0 Å². The molecular formula is C19H21NOS. The zero-order valence-corrected chi connectivity index (χ0v) is 13.5. The molecule has 0 amide bonds. The molecule has 2 aromatic carbocycles. The highest BCUT2D eigenvalue weighted by Crippen LogP contribution is 2.22. The maximum Gasteiger partial charge on any atom is 0.174 e. The Labute approximate surface area is 137 Å². The van der Waals surface area contributed by atoms with E-state index in [1.54, 1.807) is 0 Å². The first-order chi connectivity index (χ1) is 10.9. The van der Waals surface area contributed by atoms with Gasteiger partial charge in [0.1, 0.15) is 11.8 Å². The van der Waals surface area contributed by atoms with Gasteiger partial charge in [0.15, 0.2) is 6.61 Å². The van der Waals surface area contributed by atoms with E-state index in [2.05, 4.69) is 42.5 Å². The Balaban J connectivity index is 1.57. The van der Waals surface area contributed by atoms with Gasteiger partial charge < -0.3 is 4.74 Å². The molecule has 2 nitrogen and oxygen atoms in total. The Hall–Kier alpha value is -1.92. The molecule has 0 saturated carbocycles. The number of ether oxygens (including phenoxy) is 1. The second kappa shape index (κ2) is 9.92. The molecule has 0 atom stereocenters. The van der Waals surface area contributed by atoms with Crippen molar-refractivity contribution < 1.29 is 4.74 Å². The lowest BCUT2D eigenvalue weighted by Gasteiger charge is -2.05. The number of unbranched alkanes of at least 4 members (excludes halogenated alkanes) is 2. The molecule has 0 unspecified atom stereocenters. The van der Waals surface area contributed by atoms with Crippen LogP contribution < -0.4 is 4.74 Å². The summed E-state index contributed by atoms with van der Waals surface area (Å²) in [5, 5.41) is 8.46. The third kappa shape index (κ3) is 6.24. The molecule has 0 aliphatic carbocycles. The number of benzene rings is 2. The first-order valence-electron chi connectivity index (χ1n) is 7.65. The lowest BCUT2D eigenvalue weighted by molar-refractivity contribution is 0.368. The predicted octanol–water partition coefficient (Wildman–Crippen LogP) is 5.09. The summed E-state index contributed by atoms with van der Waals surface area (Å²) >= 11 is 1.88. The molecule has 0 heterocycles. The number of rotatable bonds is 9. The van der Waals surface area contributed by atoms with Crippen LogP contribution in [0.5, 0.6) is 5.75 Å². The van der Waals surface area contributed by atoms with Crippen LogP contribution >= 0.6 is 11.8 Å². The van der Waals surface area contributed by atoms with Crippen LogP contribution in [0.2, 0.25) is 0 Å². The Morgan fingerprint density at radius 2 is 1.68 bits per heavy atom. The number of hydrogen-bond acceptors (Lipinski definition) is 3. The molecule has 114 valence electrons. The van der Waals surface area contributed by atoms with Crippen LogP contribution in [0.25, 0.3) is 0 Å². The zero-order chi connectivity index (χ0) is 15.5. The number of nitrogens with zero attached hydrogens (tertiary/aromatic N) is 1. The molecule has 0 radical (unpaired) electrons. The highest BCUT2D eigenvalue weighted by Gasteiger charge is 1.97. The van der Waals surface area contributed by atoms with Crippen LogP contribution in [-0.2, 0) is 6.42 Å². The van der Waals surface area contributed by atoms with Crippen LogP contribution in [0.1, 0.15) is 24.8 Å². The fourth-order valence-corrected chi connectivity index (χ4v) is 3.10. The molecule has 0 fully saturated rings. The lowest BCUT2D eigenvalue weighted by Crippen LogP contribution is -1.92. The van der Waals surface area contributed by atoms with Gasteiger partial charge in [-0.3, -0.25) is 0 Å². The third-order valence-corrected chi connectivity index (χ3v) is 4.45. The van der Waals surface area contributed by atoms with Gasteiger partial charge in [-0.25, -0.2) is 0 Å². The molecule has 22 heavy (non-hydrogen) atoms. The smallest absolute Gasteiger partial charge is 0.174 e. The fraction of sp³-hybridized carbons (Fsp3) is 0.316. The Morgan fingerprint density at radius 1 is 0.909 bits per heavy atom. The summed E-state index contributed by atoms with van der Waals surface area (Å²) in [5.41, 5.74) is 1.43. The molecule has 0 saturated heterocycles. The van der Waals surface area contributed by atoms with Gasteiger partial charge in [0, 0.05) is 4.90 Å². The summed E-state index contributed by atoms with van der Waals surface area (Å²) in [6, 6.07) is 20.6. The van der Waals surface area contributed by atoms with Crippen LogP contribution in [0.15, 0.2) is 59.5 Å². The molecule has 0 aliphatic heterocycles. The molecular weight excluding hydrogens is 290 g/mol. The van der Waals surface area contributed by atoms with Crippen molar-refractivity contribution in [3.63, 3.8) is 0 Å². The van der Waals surface area contributed by atoms with Gasteiger partial charge in [-0.1, -0.05) is 36.8 Å². The summed E-state index contributed by atoms with van der Waals surface area (Å²) in [4.78, 5) is 1.26. The van der Waals surface area contributed by atoms with E-state index in [0.717, 1.165) is 11.5 Å². The van der Waals surface area contributed by atoms with Gasteiger partial charge in [0.05, 0.1) is 0 Å². The molecule has 0 N–H and O–H groups in total. The van der Waals surface area contributed by atoms with Crippen molar-refractivity contribution in [1.82, 2.24) is 0 Å². The van der Waals surface area contributed by atoms with Crippen LogP contribution in [0.3, 0.4) is 0 Å². The maximum atomic E-state index is 8.46. The van der Waals surface area contributed by atoms with Gasteiger partial charge in [0.25, 0.3) is 0 Å². The van der Waals surface area contributed by atoms with Gasteiger partial charge in [-0.05, 0) is 54.8 Å². The minimum Gasteiger partial charge on any atom is -0.479 e. The summed E-state index contributed by atoms with van der Waals surface area (Å²) in [7, 11) is 0. The second-order valence-electron chi connectivity index (χ2n) is 5.06. The van der Waals surface area contributed by atoms with Gasteiger partial charge >= 0.3 is 0 Å². The Bertz CT molecular complexity index is 575. The van der Waals surface area contributed by atoms with Crippen molar-refractivity contribution in [1.29, 1.82) is 5.26 Å². The molecule has 0 aromatic heterocycles. The highest BCUT2D eigenvalue weighted by molar-refractivity contribution is 7.99. The normalized spacial score (nSPS) is 10.1. The molecule has 2 rings (SSSR count). The summed E-state index contributed by atoms with van der Waals surface area (Å²) in [5.74, 6) is 1.90. The summed E-state index contributed by atoms with van der Waals surface area (Å²) in [6.07, 6.45) is 4.94. The van der Waals surface area contributed by atoms with Crippen LogP contribution in [0, 0.1) is 11.3 Å². The van der Waals surface area contributed by atoms with Crippen molar-refractivity contribution in [3.8, 4) is 11.8 Å². The van der Waals surface area contributed by atoms with Crippen molar-refractivity contribution in [2.75, 3.05) is 12.4 Å². The SMILES string of the molecule is N#CCOc1ccc(SCCCCCc2ccccc2)cc1. The third-order valence-electron chi connectivity index (χ3n) is 3.35. The van der Waals surface area contributed by atoms with Crippen LogP contribution in [-0.4, -0.2) is 12.4 Å². The van der Waals surface area contributed by atoms with Crippen molar-refractivity contribution in [2.45, 2.75) is 30.6 Å². The van der Waals surface area contributed by atoms with Crippen molar-refractivity contribution in [3.05, 3.63) is 60.2 Å².